The molecule has 0 aliphatic carbocycles. The largest absolute Gasteiger partial charge is 0.351 e. The molecule has 0 saturated heterocycles. The van der Waals surface area contributed by atoms with Crippen molar-refractivity contribution < 1.29 is 4.79 Å². The molecule has 18 heavy (non-hydrogen) atoms. The normalized spacial score (nSPS) is 10.3. The predicted octanol–water partition coefficient (Wildman–Crippen LogP) is 2.20. The number of Topliss-reactive ketones (excluding diaryl/α,β-unsaturated/α-hetero) is 1. The van der Waals surface area contributed by atoms with Crippen LogP contribution >= 0.6 is 0 Å². The number of aromatic nitrogens is 2. The van der Waals surface area contributed by atoms with Crippen molar-refractivity contribution in [3.63, 3.8) is 0 Å². The number of carbonyl (C=O) groups excluding carboxylic acids is 1. The van der Waals surface area contributed by atoms with Gasteiger partial charge in [-0.05, 0) is 32.0 Å². The van der Waals surface area contributed by atoms with Crippen LogP contribution in [-0.4, -0.2) is 14.9 Å². The average molecular weight is 241 g/mol. The summed E-state index contributed by atoms with van der Waals surface area (Å²) >= 11 is 0. The lowest BCUT2D eigenvalue weighted by molar-refractivity contribution is 0.0971. The van der Waals surface area contributed by atoms with E-state index in [-0.39, 0.29) is 12.3 Å². The van der Waals surface area contributed by atoms with E-state index in [1.54, 1.807) is 22.9 Å². The number of aryl methyl sites for hydroxylation is 1. The van der Waals surface area contributed by atoms with Crippen molar-refractivity contribution in [3.05, 3.63) is 47.0 Å². The minimum Gasteiger partial charge on any atom is -0.351 e. The van der Waals surface area contributed by atoms with Gasteiger partial charge in [0.2, 0.25) is 0 Å². The molecule has 2 rings (SSSR count). The molecule has 0 spiro atoms. The Hall–Kier alpha value is -2.28. The lowest BCUT2D eigenvalue weighted by atomic mass is 10.1. The van der Waals surface area contributed by atoms with E-state index in [1.807, 2.05) is 31.5 Å². The molecule has 2 aromatic heterocycles. The van der Waals surface area contributed by atoms with Crippen LogP contribution in [0.4, 0.5) is 0 Å². The highest BCUT2D eigenvalue weighted by Gasteiger charge is 2.15. The number of nitrogens with zero attached hydrogens (tertiary/aromatic N) is 3. The Balaban J connectivity index is 2.28. The lowest BCUT2D eigenvalue weighted by Gasteiger charge is -2.04. The van der Waals surface area contributed by atoms with Gasteiger partial charge in [0.05, 0.1) is 6.54 Å². The third-order valence-corrected chi connectivity index (χ3v) is 3.33. The van der Waals surface area contributed by atoms with Gasteiger partial charge in [-0.15, -0.1) is 0 Å². The van der Waals surface area contributed by atoms with Crippen molar-refractivity contribution in [2.45, 2.75) is 20.4 Å². The summed E-state index contributed by atoms with van der Waals surface area (Å²) < 4.78 is 3.66. The molecule has 4 nitrogen and oxygen atoms in total. The van der Waals surface area contributed by atoms with Gasteiger partial charge < -0.3 is 9.13 Å². The van der Waals surface area contributed by atoms with Gasteiger partial charge >= 0.3 is 0 Å². The van der Waals surface area contributed by atoms with Gasteiger partial charge in [0.25, 0.3) is 0 Å². The van der Waals surface area contributed by atoms with E-state index >= 15 is 0 Å². The Labute approximate surface area is 106 Å². The average Bonchev–Trinajstić information content (AvgIpc) is 2.89. The van der Waals surface area contributed by atoms with E-state index in [0.29, 0.717) is 5.69 Å². The molecule has 92 valence electrons. The van der Waals surface area contributed by atoms with E-state index < -0.39 is 0 Å². The third-order valence-electron chi connectivity index (χ3n) is 3.33. The summed E-state index contributed by atoms with van der Waals surface area (Å²) in [5.74, 6) is 0.0314. The molecule has 0 fully saturated rings. The molecule has 0 aromatic carbocycles. The van der Waals surface area contributed by atoms with Crippen LogP contribution in [0.5, 0.6) is 0 Å². The molecule has 0 N–H and O–H groups in total. The van der Waals surface area contributed by atoms with Gasteiger partial charge in [-0.1, -0.05) is 0 Å². The first-order valence-corrected chi connectivity index (χ1v) is 5.76. The van der Waals surface area contributed by atoms with Crippen molar-refractivity contribution in [2.24, 2.45) is 7.05 Å². The summed E-state index contributed by atoms with van der Waals surface area (Å²) in [7, 11) is 1.94. The predicted molar refractivity (Wildman–Crippen MR) is 68.4 cm³/mol. The summed E-state index contributed by atoms with van der Waals surface area (Å²) in [4.78, 5) is 12.2. The van der Waals surface area contributed by atoms with Crippen molar-refractivity contribution in [1.29, 1.82) is 5.26 Å². The Kier molecular flexibility index (Phi) is 3.07. The van der Waals surface area contributed by atoms with Gasteiger partial charge in [-0.2, -0.15) is 5.26 Å². The van der Waals surface area contributed by atoms with Crippen LogP contribution in [0.1, 0.15) is 27.4 Å². The van der Waals surface area contributed by atoms with Crippen LogP contribution in [0.2, 0.25) is 0 Å². The Morgan fingerprint density at radius 3 is 2.72 bits per heavy atom. The zero-order valence-corrected chi connectivity index (χ0v) is 10.8. The number of rotatable bonds is 3. The van der Waals surface area contributed by atoms with Gasteiger partial charge in [0, 0.05) is 30.2 Å². The maximum Gasteiger partial charge on any atom is 0.184 e. The number of nitriles is 1. The highest BCUT2D eigenvalue weighted by atomic mass is 16.1. The molecule has 0 saturated carbocycles. The molecule has 0 bridgehead atoms. The van der Waals surface area contributed by atoms with Crippen LogP contribution in [-0.2, 0) is 13.6 Å². The lowest BCUT2D eigenvalue weighted by Crippen LogP contribution is -2.11. The first kappa shape index (κ1) is 12.2. The fourth-order valence-electron chi connectivity index (χ4n) is 2.03. The summed E-state index contributed by atoms with van der Waals surface area (Å²) in [6.45, 7) is 4.11. The quantitative estimate of drug-likeness (QED) is 0.773. The number of carbonyl (C=O) groups is 1. The topological polar surface area (TPSA) is 50.7 Å². The summed E-state index contributed by atoms with van der Waals surface area (Å²) in [6.07, 6.45) is 1.75. The standard InChI is InChI=1S/C14H15N3O/c1-10-7-13(11(2)16(10)3)14(18)9-17-6-4-5-12(17)8-15/h4-7H,9H2,1-3H3. The maximum atomic E-state index is 12.2. The van der Waals surface area contributed by atoms with Gasteiger partial charge in [-0.25, -0.2) is 0 Å². The van der Waals surface area contributed by atoms with E-state index in [9.17, 15) is 4.79 Å². The highest BCUT2D eigenvalue weighted by molar-refractivity contribution is 5.97. The monoisotopic (exact) mass is 241 g/mol. The molecular formula is C14H15N3O. The van der Waals surface area contributed by atoms with E-state index in [1.165, 1.54) is 0 Å². The number of ketones is 1. The third kappa shape index (κ3) is 1.95. The second kappa shape index (κ2) is 4.53. The van der Waals surface area contributed by atoms with Crippen molar-refractivity contribution in [2.75, 3.05) is 0 Å². The molecule has 0 aliphatic rings. The fourth-order valence-corrected chi connectivity index (χ4v) is 2.03. The second-order valence-corrected chi connectivity index (χ2v) is 4.40. The summed E-state index contributed by atoms with van der Waals surface area (Å²) in [5, 5.41) is 8.91. The smallest absolute Gasteiger partial charge is 0.184 e. The van der Waals surface area contributed by atoms with E-state index in [0.717, 1.165) is 17.0 Å². The molecule has 4 heteroatoms. The van der Waals surface area contributed by atoms with E-state index in [2.05, 4.69) is 6.07 Å². The molecule has 0 amide bonds. The Morgan fingerprint density at radius 1 is 1.44 bits per heavy atom. The number of hydrogen-bond donors (Lipinski definition) is 0. The highest BCUT2D eigenvalue weighted by Crippen LogP contribution is 2.15. The number of hydrogen-bond acceptors (Lipinski definition) is 2. The van der Waals surface area contributed by atoms with Crippen LogP contribution in [0.25, 0.3) is 0 Å². The first-order chi connectivity index (χ1) is 8.54. The molecule has 0 aliphatic heterocycles. The minimum absolute atomic E-state index is 0.0314. The molecular weight excluding hydrogens is 226 g/mol. The van der Waals surface area contributed by atoms with Crippen LogP contribution in [0.3, 0.4) is 0 Å². The Bertz CT molecular complexity index is 641. The van der Waals surface area contributed by atoms with Crippen LogP contribution in [0, 0.1) is 25.2 Å². The van der Waals surface area contributed by atoms with Gasteiger partial charge in [0.15, 0.2) is 5.78 Å². The van der Waals surface area contributed by atoms with Crippen molar-refractivity contribution in [3.8, 4) is 6.07 Å². The SMILES string of the molecule is Cc1cc(C(=O)Cn2cccc2C#N)c(C)n1C. The maximum absolute atomic E-state index is 12.2. The van der Waals surface area contributed by atoms with Gasteiger partial charge in [-0.3, -0.25) is 4.79 Å². The van der Waals surface area contributed by atoms with Crippen molar-refractivity contribution >= 4 is 5.78 Å². The minimum atomic E-state index is 0.0314. The molecule has 0 unspecified atom stereocenters. The molecule has 2 heterocycles. The zero-order chi connectivity index (χ0) is 13.3. The second-order valence-electron chi connectivity index (χ2n) is 4.40. The fraction of sp³-hybridized carbons (Fsp3) is 0.286. The van der Waals surface area contributed by atoms with Crippen molar-refractivity contribution in [1.82, 2.24) is 9.13 Å². The van der Waals surface area contributed by atoms with Crippen LogP contribution < -0.4 is 0 Å². The zero-order valence-electron chi connectivity index (χ0n) is 10.8. The van der Waals surface area contributed by atoms with E-state index in [4.69, 9.17) is 5.26 Å². The summed E-state index contributed by atoms with van der Waals surface area (Å²) in [6, 6.07) is 7.44. The molecule has 2 aromatic rings. The summed E-state index contributed by atoms with van der Waals surface area (Å²) in [5.41, 5.74) is 3.26. The van der Waals surface area contributed by atoms with Crippen LogP contribution in [0.15, 0.2) is 24.4 Å². The van der Waals surface area contributed by atoms with Gasteiger partial charge in [0.1, 0.15) is 11.8 Å². The molecule has 0 radical (unpaired) electrons. The first-order valence-electron chi connectivity index (χ1n) is 5.76. The Morgan fingerprint density at radius 2 is 2.17 bits per heavy atom. The molecule has 0 atom stereocenters.